The van der Waals surface area contributed by atoms with Crippen LogP contribution in [0.25, 0.3) is 0 Å². The Kier molecular flexibility index (Phi) is 18.7. The first-order valence-electron chi connectivity index (χ1n) is 29.6. The van der Waals surface area contributed by atoms with Crippen molar-refractivity contribution in [2.24, 2.45) is 16.7 Å². The molecule has 462 valence electrons. The monoisotopic (exact) mass is 1170 g/mol. The molecule has 10 rings (SSSR count). The third-order valence-corrected chi connectivity index (χ3v) is 20.6. The molecule has 21 heteroatoms. The van der Waals surface area contributed by atoms with Crippen molar-refractivity contribution in [3.8, 4) is 0 Å². The molecular weight excluding hydrogens is 1080 g/mol. The van der Waals surface area contributed by atoms with Crippen LogP contribution >= 0.6 is 0 Å². The van der Waals surface area contributed by atoms with Crippen molar-refractivity contribution in [1.29, 1.82) is 0 Å². The highest BCUT2D eigenvalue weighted by Gasteiger charge is 2.81. The lowest BCUT2D eigenvalue weighted by Crippen LogP contribution is -2.78. The Bertz CT molecular complexity index is 2560. The predicted octanol–water partition coefficient (Wildman–Crippen LogP) is 5.07. The second-order valence-corrected chi connectivity index (χ2v) is 24.8. The van der Waals surface area contributed by atoms with Crippen LogP contribution in [0.4, 0.5) is 0 Å². The highest BCUT2D eigenvalue weighted by atomic mass is 16.8. The first kappa shape index (κ1) is 62.5. The molecule has 25 atom stereocenters. The molecule has 4 saturated heterocycles. The van der Waals surface area contributed by atoms with Crippen LogP contribution in [-0.2, 0) is 66.3 Å². The highest BCUT2D eigenvalue weighted by molar-refractivity contribution is 5.90. The molecular formula is C62H88O21. The van der Waals surface area contributed by atoms with Gasteiger partial charge in [0.1, 0.15) is 65.6 Å². The summed E-state index contributed by atoms with van der Waals surface area (Å²) in [5.74, 6) is -1.89. The maximum Gasteiger partial charge on any atom is 0.338 e. The SMILES string of the molecule is COC1CC(OC2CCC3(C)C(=CCC4(O)C3CC(OC(=O)c3ccccc3)C3(C)C(O)(C(C)OC(=O)c5ccccc5)CCC43O)C2)OCC1OC1CC(OC)C(OC2CC(OC)C(OC3OC(C)C(O)C(OC)C3O)C(C)O2)C(C)O1. The van der Waals surface area contributed by atoms with Gasteiger partial charge in [0, 0.05) is 53.6 Å². The molecule has 0 spiro atoms. The van der Waals surface area contributed by atoms with Gasteiger partial charge in [0.25, 0.3) is 0 Å². The summed E-state index contributed by atoms with van der Waals surface area (Å²) in [6.45, 7) is 10.9. The van der Waals surface area contributed by atoms with Gasteiger partial charge in [-0.05, 0) is 102 Å². The van der Waals surface area contributed by atoms with Crippen molar-refractivity contribution in [3.63, 3.8) is 0 Å². The van der Waals surface area contributed by atoms with Gasteiger partial charge in [-0.1, -0.05) is 61.9 Å². The molecule has 0 amide bonds. The van der Waals surface area contributed by atoms with Crippen molar-refractivity contribution in [2.75, 3.05) is 35.0 Å². The summed E-state index contributed by atoms with van der Waals surface area (Å²) in [7, 11) is 6.23. The fourth-order valence-corrected chi connectivity index (χ4v) is 15.6. The zero-order valence-corrected chi connectivity index (χ0v) is 49.4. The summed E-state index contributed by atoms with van der Waals surface area (Å²) in [4.78, 5) is 27.6. The number of ether oxygens (including phenoxy) is 14. The van der Waals surface area contributed by atoms with Crippen molar-refractivity contribution < 1.29 is 101 Å². The number of aliphatic hydroxyl groups is 5. The molecule has 83 heavy (non-hydrogen) atoms. The zero-order valence-electron chi connectivity index (χ0n) is 49.4. The number of hydrogen-bond donors (Lipinski definition) is 5. The van der Waals surface area contributed by atoms with Crippen LogP contribution in [0.5, 0.6) is 0 Å². The summed E-state index contributed by atoms with van der Waals surface area (Å²) < 4.78 is 86.9. The standard InChI is InChI=1S/C62H88O21/c1-33-50(63)54(73-10)51(64)57(77-33)83-53-35(3)76-49(30-43(53)72-9)82-52-34(2)75-48(29-42(52)71-8)80-44-32-74-47(28-41(44)70-7)79-40-22-23-58(5)39(27-40)21-24-61(68)45(58)31-46(81-56(66)38-19-15-12-16-20-38)59(6)60(67,25-26-62(59,61)69)36(4)78-55(65)37-17-13-11-14-18-37/h11-21,33-36,40-54,57,63-64,67-69H,22-32H2,1-10H3. The van der Waals surface area contributed by atoms with Crippen LogP contribution < -0.4 is 0 Å². The van der Waals surface area contributed by atoms with Crippen LogP contribution in [0, 0.1) is 16.7 Å². The first-order valence-corrected chi connectivity index (χ1v) is 29.6. The van der Waals surface area contributed by atoms with E-state index in [1.807, 2.05) is 19.9 Å². The van der Waals surface area contributed by atoms with E-state index in [1.165, 1.54) is 7.11 Å². The molecule has 8 aliphatic rings. The van der Waals surface area contributed by atoms with E-state index < -0.39 is 156 Å². The van der Waals surface area contributed by atoms with Crippen molar-refractivity contribution >= 4 is 11.9 Å². The lowest BCUT2D eigenvalue weighted by molar-refractivity contribution is -0.354. The molecule has 0 radical (unpaired) electrons. The number of rotatable bonds is 17. The Labute approximate surface area is 486 Å². The van der Waals surface area contributed by atoms with Gasteiger partial charge >= 0.3 is 11.9 Å². The van der Waals surface area contributed by atoms with Crippen LogP contribution in [-0.4, -0.2) is 206 Å². The van der Waals surface area contributed by atoms with Crippen molar-refractivity contribution in [2.45, 2.75) is 239 Å². The van der Waals surface area contributed by atoms with Gasteiger partial charge in [0.2, 0.25) is 0 Å². The fraction of sp³-hybridized carbons (Fsp3) is 0.742. The van der Waals surface area contributed by atoms with Gasteiger partial charge in [-0.2, -0.15) is 0 Å². The molecule has 2 aromatic carbocycles. The average molecular weight is 1170 g/mol. The summed E-state index contributed by atoms with van der Waals surface area (Å²) in [5, 5.41) is 61.1. The van der Waals surface area contributed by atoms with E-state index in [9.17, 15) is 35.1 Å². The summed E-state index contributed by atoms with van der Waals surface area (Å²) >= 11 is 0. The molecule has 0 aromatic heterocycles. The quantitative estimate of drug-likeness (QED) is 0.102. The summed E-state index contributed by atoms with van der Waals surface area (Å²) in [6.07, 6.45) is -8.68. The number of esters is 2. The van der Waals surface area contributed by atoms with E-state index in [-0.39, 0.29) is 38.4 Å². The van der Waals surface area contributed by atoms with Gasteiger partial charge in [-0.15, -0.1) is 0 Å². The summed E-state index contributed by atoms with van der Waals surface area (Å²) in [5.41, 5.74) is -6.40. The molecule has 2 aromatic rings. The minimum absolute atomic E-state index is 0.0345. The second kappa shape index (κ2) is 24.9. The Balaban J connectivity index is 0.762. The lowest BCUT2D eigenvalue weighted by atomic mass is 9.42. The molecule has 21 nitrogen and oxygen atoms in total. The molecule has 25 unspecified atom stereocenters. The predicted molar refractivity (Wildman–Crippen MR) is 293 cm³/mol. The van der Waals surface area contributed by atoms with Gasteiger partial charge in [0.15, 0.2) is 25.2 Å². The Hall–Kier alpha value is -3.56. The first-order chi connectivity index (χ1) is 39.6. The molecule has 5 N–H and O–H groups in total. The van der Waals surface area contributed by atoms with Crippen molar-refractivity contribution in [3.05, 3.63) is 83.4 Å². The lowest BCUT2D eigenvalue weighted by Gasteiger charge is -2.67. The Morgan fingerprint density at radius 1 is 0.627 bits per heavy atom. The maximum absolute atomic E-state index is 14.1. The average Bonchev–Trinajstić information content (AvgIpc) is 1.70. The number of fused-ring (bicyclic) bond motifs is 5. The number of benzene rings is 2. The highest BCUT2D eigenvalue weighted by Crippen LogP contribution is 2.71. The van der Waals surface area contributed by atoms with E-state index >= 15 is 0 Å². The smallest absolute Gasteiger partial charge is 0.338 e. The van der Waals surface area contributed by atoms with E-state index in [0.717, 1.165) is 5.57 Å². The van der Waals surface area contributed by atoms with Crippen LogP contribution in [0.1, 0.15) is 126 Å². The normalized spacial score (nSPS) is 45.7. The molecule has 0 bridgehead atoms. The van der Waals surface area contributed by atoms with E-state index in [0.29, 0.717) is 49.7 Å². The molecule has 4 heterocycles. The van der Waals surface area contributed by atoms with E-state index in [1.54, 1.807) is 103 Å². The number of carbonyl (C=O) groups is 2. The van der Waals surface area contributed by atoms with E-state index in [2.05, 4.69) is 6.92 Å². The number of carbonyl (C=O) groups excluding carboxylic acids is 2. The third-order valence-electron chi connectivity index (χ3n) is 20.6. The van der Waals surface area contributed by atoms with Crippen LogP contribution in [0.2, 0.25) is 0 Å². The molecule has 7 fully saturated rings. The van der Waals surface area contributed by atoms with Crippen LogP contribution in [0.3, 0.4) is 0 Å². The van der Waals surface area contributed by atoms with Gasteiger partial charge in [-0.3, -0.25) is 0 Å². The van der Waals surface area contributed by atoms with Gasteiger partial charge < -0.3 is 91.8 Å². The topological polar surface area (TPSA) is 265 Å². The zero-order chi connectivity index (χ0) is 59.4. The van der Waals surface area contributed by atoms with Gasteiger partial charge in [-0.25, -0.2) is 9.59 Å². The third kappa shape index (κ3) is 11.3. The largest absolute Gasteiger partial charge is 0.458 e. The minimum Gasteiger partial charge on any atom is -0.458 e. The van der Waals surface area contributed by atoms with Crippen LogP contribution in [0.15, 0.2) is 72.3 Å². The Morgan fingerprint density at radius 2 is 1.22 bits per heavy atom. The fourth-order valence-electron chi connectivity index (χ4n) is 15.6. The number of aliphatic hydroxyl groups excluding tert-OH is 2. The number of hydrogen-bond acceptors (Lipinski definition) is 21. The minimum atomic E-state index is -1.99. The van der Waals surface area contributed by atoms with E-state index in [4.69, 9.17) is 66.3 Å². The Morgan fingerprint density at radius 3 is 1.83 bits per heavy atom. The van der Waals surface area contributed by atoms with Crippen molar-refractivity contribution in [1.82, 2.24) is 0 Å². The number of methoxy groups -OCH3 is 4. The molecule has 4 aliphatic heterocycles. The maximum atomic E-state index is 14.1. The molecule has 3 saturated carbocycles. The molecule has 4 aliphatic carbocycles. The second-order valence-electron chi connectivity index (χ2n) is 24.8. The van der Waals surface area contributed by atoms with Gasteiger partial charge in [0.05, 0.1) is 65.9 Å². The summed E-state index contributed by atoms with van der Waals surface area (Å²) in [6, 6.07) is 17.0.